The molecule has 11 rings (SSSR count). The molecule has 2 aliphatic heterocycles. The number of nitrogens with zero attached hydrogens (tertiary/aromatic N) is 1. The smallest absolute Gasteiger partial charge is 0.415 e. The third-order valence-electron chi connectivity index (χ3n) is 13.7. The van der Waals surface area contributed by atoms with Gasteiger partial charge in [0.25, 0.3) is 0 Å². The van der Waals surface area contributed by atoms with Crippen molar-refractivity contribution in [2.45, 2.75) is 106 Å². The number of carbonyl (C=O) groups excluding carboxylic acids is 2. The Kier molecular flexibility index (Phi) is 8.13. The minimum absolute atomic E-state index is 0.0158. The fourth-order valence-corrected chi connectivity index (χ4v) is 11.4. The van der Waals surface area contributed by atoms with E-state index in [2.05, 4.69) is 41.7 Å². The Morgan fingerprint density at radius 1 is 0.830 bits per heavy atom. The van der Waals surface area contributed by atoms with Crippen LogP contribution in [-0.4, -0.2) is 59.9 Å². The number of benzene rings is 3. The lowest BCUT2D eigenvalue weighted by Crippen LogP contribution is -2.67. The average molecular weight is 720 g/mol. The monoisotopic (exact) mass is 719 g/mol. The van der Waals surface area contributed by atoms with E-state index >= 15 is 0 Å². The Morgan fingerprint density at radius 2 is 1.51 bits per heavy atom. The summed E-state index contributed by atoms with van der Waals surface area (Å²) in [6.45, 7) is 1.26. The van der Waals surface area contributed by atoms with E-state index in [9.17, 15) is 9.59 Å². The first-order valence-corrected chi connectivity index (χ1v) is 19.8. The van der Waals surface area contributed by atoms with Crippen molar-refractivity contribution in [2.75, 3.05) is 19.7 Å². The van der Waals surface area contributed by atoms with Crippen molar-refractivity contribution in [3.63, 3.8) is 0 Å². The van der Waals surface area contributed by atoms with Gasteiger partial charge in [-0.2, -0.15) is 9.78 Å². The molecule has 2 heterocycles. The first kappa shape index (κ1) is 33.6. The first-order chi connectivity index (χ1) is 25.8. The van der Waals surface area contributed by atoms with Crippen LogP contribution in [0.15, 0.2) is 72.8 Å². The third kappa shape index (κ3) is 5.93. The van der Waals surface area contributed by atoms with Gasteiger partial charge in [0.1, 0.15) is 12.4 Å². The molecule has 10 nitrogen and oxygen atoms in total. The second-order valence-electron chi connectivity index (χ2n) is 17.1. The number of likely N-dealkylation sites (tertiary alicyclic amines) is 1. The lowest BCUT2D eigenvalue weighted by Gasteiger charge is -2.61. The molecule has 8 aliphatic rings. The number of carbonyl (C=O) groups is 2. The summed E-state index contributed by atoms with van der Waals surface area (Å²) in [6, 6.07) is 24.4. The van der Waals surface area contributed by atoms with Crippen LogP contribution in [0, 0.1) is 17.8 Å². The van der Waals surface area contributed by atoms with E-state index in [1.807, 2.05) is 36.4 Å². The summed E-state index contributed by atoms with van der Waals surface area (Å²) >= 11 is 0. The fraction of sp³-hybridized carbons (Fsp3) is 0.535. The molecular weight excluding hydrogens is 670 g/mol. The topological polar surface area (TPSA) is 122 Å². The van der Waals surface area contributed by atoms with E-state index in [-0.39, 0.29) is 36.1 Å². The minimum atomic E-state index is -0.725. The Hall–Kier alpha value is -3.96. The number of rotatable bonds is 5. The van der Waals surface area contributed by atoms with E-state index in [1.165, 1.54) is 27.8 Å². The van der Waals surface area contributed by atoms with Gasteiger partial charge in [0.2, 0.25) is 11.6 Å². The van der Waals surface area contributed by atoms with Gasteiger partial charge >= 0.3 is 12.2 Å². The van der Waals surface area contributed by atoms with Gasteiger partial charge in [-0.1, -0.05) is 60.7 Å². The Balaban J connectivity index is 0.695. The molecule has 3 aromatic carbocycles. The van der Waals surface area contributed by atoms with E-state index in [1.54, 1.807) is 4.90 Å². The van der Waals surface area contributed by atoms with Crippen LogP contribution in [0.2, 0.25) is 0 Å². The highest BCUT2D eigenvalue weighted by Crippen LogP contribution is 2.64. The Morgan fingerprint density at radius 3 is 2.19 bits per heavy atom. The second kappa shape index (κ2) is 12.8. The van der Waals surface area contributed by atoms with Crippen LogP contribution in [-0.2, 0) is 19.2 Å². The molecule has 2 saturated heterocycles. The van der Waals surface area contributed by atoms with Crippen molar-refractivity contribution >= 4 is 12.2 Å². The molecule has 53 heavy (non-hydrogen) atoms. The summed E-state index contributed by atoms with van der Waals surface area (Å²) in [4.78, 5) is 40.1. The molecule has 278 valence electrons. The van der Waals surface area contributed by atoms with Gasteiger partial charge < -0.3 is 30.2 Å². The fourth-order valence-electron chi connectivity index (χ4n) is 11.4. The summed E-state index contributed by atoms with van der Waals surface area (Å²) in [5.74, 6) is 0.704. The van der Waals surface area contributed by atoms with Gasteiger partial charge in [-0.05, 0) is 110 Å². The van der Waals surface area contributed by atoms with Crippen molar-refractivity contribution in [2.24, 2.45) is 23.5 Å². The zero-order valence-electron chi connectivity index (χ0n) is 30.2. The normalized spacial score (nSPS) is 34.3. The molecule has 0 radical (unpaired) electrons. The molecular formula is C43H49N3O7. The van der Waals surface area contributed by atoms with Crippen LogP contribution in [0.5, 0.6) is 5.75 Å². The van der Waals surface area contributed by atoms with Gasteiger partial charge in [0.05, 0.1) is 0 Å². The zero-order valence-corrected chi connectivity index (χ0v) is 30.2. The number of ether oxygens (including phenoxy) is 3. The zero-order chi connectivity index (χ0) is 35.8. The second-order valence-corrected chi connectivity index (χ2v) is 17.1. The van der Waals surface area contributed by atoms with Gasteiger partial charge in [-0.25, -0.2) is 9.59 Å². The predicted octanol–water partition coefficient (Wildman–Crippen LogP) is 7.75. The van der Waals surface area contributed by atoms with E-state index in [0.29, 0.717) is 49.4 Å². The van der Waals surface area contributed by atoms with E-state index in [0.717, 1.165) is 57.8 Å². The van der Waals surface area contributed by atoms with Crippen molar-refractivity contribution < 1.29 is 33.6 Å². The summed E-state index contributed by atoms with van der Waals surface area (Å²) in [5.41, 5.74) is 12.7. The van der Waals surface area contributed by atoms with Gasteiger partial charge in [0.15, 0.2) is 0 Å². The number of piperidine rings is 1. The SMILES string of the molecule is NC12CC3CC(C1)C1(OO[C@@]4(CCC[C@@H](c5ccc(OC(=O)N6CCC(NC(=O)OCC7c8ccccc8-c8ccccc87)CC6)cc5)C4)O1)C(C3)C2. The molecule has 7 fully saturated rings. The largest absolute Gasteiger partial charge is 0.449 e. The lowest BCUT2D eigenvalue weighted by atomic mass is 9.50. The number of nitrogens with one attached hydrogen (secondary N) is 1. The highest BCUT2D eigenvalue weighted by atomic mass is 17.3. The predicted molar refractivity (Wildman–Crippen MR) is 196 cm³/mol. The summed E-state index contributed by atoms with van der Waals surface area (Å²) in [7, 11) is 0. The van der Waals surface area contributed by atoms with Crippen LogP contribution in [0.3, 0.4) is 0 Å². The summed E-state index contributed by atoms with van der Waals surface area (Å²) < 4.78 is 18.5. The number of hydrogen-bond donors (Lipinski definition) is 2. The highest BCUT2D eigenvalue weighted by molar-refractivity contribution is 5.79. The molecule has 2 spiro atoms. The molecule has 6 aliphatic carbocycles. The lowest BCUT2D eigenvalue weighted by molar-refractivity contribution is -0.391. The number of nitrogens with two attached hydrogens (primary N) is 1. The standard InChI is InChI=1S/C43H49N3O7/c44-41-22-27-20-30(24-41)43(31(21-27)25-41)51-42(52-53-43)17-5-6-29(23-42)28-11-13-33(14-12-28)50-40(48)46-18-15-32(16-19-46)45-39(47)49-26-38-36-9-3-1-7-34(36)35-8-2-4-10-37(35)38/h1-4,7-14,27,29-32,38H,5-6,15-26,44H2,(H,45,47)/t27?,29-,30?,31?,41?,42-,43?/m1/s1. The molecule has 10 heteroatoms. The van der Waals surface area contributed by atoms with E-state index in [4.69, 9.17) is 29.7 Å². The van der Waals surface area contributed by atoms with Gasteiger partial charge in [-0.15, -0.1) is 0 Å². The first-order valence-electron chi connectivity index (χ1n) is 19.8. The quantitative estimate of drug-likeness (QED) is 0.257. The van der Waals surface area contributed by atoms with Gasteiger partial charge in [-0.3, -0.25) is 0 Å². The maximum absolute atomic E-state index is 13.1. The van der Waals surface area contributed by atoms with Crippen LogP contribution in [0.4, 0.5) is 9.59 Å². The van der Waals surface area contributed by atoms with Crippen molar-refractivity contribution in [1.29, 1.82) is 0 Å². The highest BCUT2D eigenvalue weighted by Gasteiger charge is 2.69. The minimum Gasteiger partial charge on any atom is -0.449 e. The van der Waals surface area contributed by atoms with Gasteiger partial charge in [0, 0.05) is 55.3 Å². The molecule has 3 N–H and O–H groups in total. The van der Waals surface area contributed by atoms with Crippen molar-refractivity contribution in [3.05, 3.63) is 89.5 Å². The van der Waals surface area contributed by atoms with Crippen LogP contribution in [0.25, 0.3) is 11.1 Å². The maximum atomic E-state index is 13.1. The van der Waals surface area contributed by atoms with Crippen LogP contribution < -0.4 is 15.8 Å². The third-order valence-corrected chi connectivity index (χ3v) is 13.7. The summed E-state index contributed by atoms with van der Waals surface area (Å²) in [5, 5.41) is 3.02. The number of fused-ring (bicyclic) bond motifs is 3. The van der Waals surface area contributed by atoms with Crippen LogP contribution >= 0.6 is 0 Å². The molecule has 4 bridgehead atoms. The Labute approximate surface area is 310 Å². The number of hydrogen-bond acceptors (Lipinski definition) is 8. The Bertz CT molecular complexity index is 1830. The molecule has 2 unspecified atom stereocenters. The van der Waals surface area contributed by atoms with Crippen molar-refractivity contribution in [3.8, 4) is 16.9 Å². The molecule has 0 aromatic heterocycles. The molecule has 3 aromatic rings. The molecule has 5 saturated carbocycles. The summed E-state index contributed by atoms with van der Waals surface area (Å²) in [6.07, 6.45) is 9.36. The number of alkyl carbamates (subject to hydrolysis) is 1. The van der Waals surface area contributed by atoms with Crippen LogP contribution in [0.1, 0.15) is 99.2 Å². The van der Waals surface area contributed by atoms with Crippen molar-refractivity contribution in [1.82, 2.24) is 10.2 Å². The maximum Gasteiger partial charge on any atom is 0.415 e. The molecule has 2 amide bonds. The number of amides is 2. The molecule has 4 atom stereocenters. The average Bonchev–Trinajstić information content (AvgIpc) is 3.69. The van der Waals surface area contributed by atoms with E-state index < -0.39 is 17.7 Å².